The Hall–Kier alpha value is -1.20. The van der Waals surface area contributed by atoms with Crippen LogP contribution in [-0.2, 0) is 19.1 Å². The number of hydrogen-bond acceptors (Lipinski definition) is 5. The summed E-state index contributed by atoms with van der Waals surface area (Å²) < 4.78 is 12.3. The zero-order chi connectivity index (χ0) is 23.3. The van der Waals surface area contributed by atoms with Crippen molar-refractivity contribution in [1.82, 2.24) is 0 Å². The number of rotatable bonds is 3. The number of fused-ring (bicyclic) bond motifs is 4. The third-order valence-corrected chi connectivity index (χ3v) is 11.9. The molecule has 182 valence electrons. The monoisotopic (exact) mass is 456 g/mol. The number of esters is 1. The van der Waals surface area contributed by atoms with Gasteiger partial charge in [0.2, 0.25) is 0 Å². The van der Waals surface area contributed by atoms with Crippen LogP contribution >= 0.6 is 0 Å². The summed E-state index contributed by atoms with van der Waals surface area (Å²) in [6.07, 6.45) is 9.02. The second-order valence-electron chi connectivity index (χ2n) is 12.7. The molecule has 5 nitrogen and oxygen atoms in total. The molecule has 10 unspecified atom stereocenters. The standard InChI is InChI=1S/C28H40O5/c1-15-12-22(32-25(31)16(15)2)18(14-29)20-8-7-19-17-13-24-28(33-24)10-5-6-23(30)27(28,4)21(17)9-11-26(19,20)3/h17-22,24,29H,5-14H2,1-4H3. The van der Waals surface area contributed by atoms with E-state index in [4.69, 9.17) is 9.47 Å². The molecule has 6 rings (SSSR count). The second-order valence-corrected chi connectivity index (χ2v) is 12.7. The quantitative estimate of drug-likeness (QED) is 0.496. The molecule has 0 aromatic heterocycles. The van der Waals surface area contributed by atoms with Gasteiger partial charge in [0.25, 0.3) is 0 Å². The highest BCUT2D eigenvalue weighted by Gasteiger charge is 2.77. The molecule has 1 N–H and O–H groups in total. The summed E-state index contributed by atoms with van der Waals surface area (Å²) in [6, 6.07) is 0. The smallest absolute Gasteiger partial charge is 0.333 e. The summed E-state index contributed by atoms with van der Waals surface area (Å²) in [5, 5.41) is 10.5. The summed E-state index contributed by atoms with van der Waals surface area (Å²) in [4.78, 5) is 25.8. The van der Waals surface area contributed by atoms with Crippen LogP contribution in [0.15, 0.2) is 11.1 Å². The van der Waals surface area contributed by atoms with Crippen LogP contribution in [0.1, 0.15) is 85.5 Å². The highest BCUT2D eigenvalue weighted by molar-refractivity contribution is 5.89. The molecule has 0 amide bonds. The van der Waals surface area contributed by atoms with Gasteiger partial charge in [0.1, 0.15) is 17.5 Å². The van der Waals surface area contributed by atoms with E-state index in [0.717, 1.165) is 62.5 Å². The molecule has 5 heteroatoms. The van der Waals surface area contributed by atoms with Crippen molar-refractivity contribution in [3.63, 3.8) is 0 Å². The zero-order valence-electron chi connectivity index (χ0n) is 20.7. The molecule has 0 aromatic carbocycles. The minimum Gasteiger partial charge on any atom is -0.458 e. The van der Waals surface area contributed by atoms with Crippen molar-refractivity contribution in [1.29, 1.82) is 0 Å². The van der Waals surface area contributed by atoms with Crippen molar-refractivity contribution in [2.45, 2.75) is 103 Å². The molecule has 6 aliphatic rings. The molecule has 4 saturated carbocycles. The number of carbonyl (C=O) groups is 2. The first-order valence-electron chi connectivity index (χ1n) is 13.4. The Balaban J connectivity index is 1.29. The predicted molar refractivity (Wildman–Crippen MR) is 123 cm³/mol. The fourth-order valence-electron chi connectivity index (χ4n) is 9.89. The fourth-order valence-corrected chi connectivity index (χ4v) is 9.89. The van der Waals surface area contributed by atoms with Gasteiger partial charge in [-0.15, -0.1) is 0 Å². The maximum atomic E-state index is 13.4. The molecular formula is C28H40O5. The number of hydrogen-bond donors (Lipinski definition) is 1. The Morgan fingerprint density at radius 2 is 1.88 bits per heavy atom. The van der Waals surface area contributed by atoms with E-state index in [0.29, 0.717) is 35.9 Å². The molecule has 10 atom stereocenters. The van der Waals surface area contributed by atoms with Gasteiger partial charge in [-0.05, 0) is 94.8 Å². The maximum absolute atomic E-state index is 13.4. The Kier molecular flexibility index (Phi) is 4.83. The van der Waals surface area contributed by atoms with E-state index in [1.165, 1.54) is 0 Å². The summed E-state index contributed by atoms with van der Waals surface area (Å²) >= 11 is 0. The van der Waals surface area contributed by atoms with E-state index in [1.54, 1.807) is 0 Å². The highest BCUT2D eigenvalue weighted by atomic mass is 16.6. The van der Waals surface area contributed by atoms with E-state index >= 15 is 0 Å². The third-order valence-electron chi connectivity index (χ3n) is 11.9. The van der Waals surface area contributed by atoms with Gasteiger partial charge < -0.3 is 14.6 Å². The summed E-state index contributed by atoms with van der Waals surface area (Å²) in [7, 11) is 0. The van der Waals surface area contributed by atoms with E-state index in [1.807, 2.05) is 13.8 Å². The lowest BCUT2D eigenvalue weighted by Crippen LogP contribution is -2.61. The third kappa shape index (κ3) is 2.73. The molecule has 2 heterocycles. The van der Waals surface area contributed by atoms with Crippen LogP contribution in [0.4, 0.5) is 0 Å². The number of ketones is 1. The van der Waals surface area contributed by atoms with Gasteiger partial charge in [-0.25, -0.2) is 4.79 Å². The Morgan fingerprint density at radius 3 is 2.61 bits per heavy atom. The SMILES string of the molecule is CC1=C(C)C(=O)OC(C(CO)C2CCC3C4CC5OC56CCCC(=O)C6(C)C4CCC23C)C1. The Bertz CT molecular complexity index is 923. The van der Waals surface area contributed by atoms with Crippen LogP contribution in [0, 0.1) is 40.4 Å². The molecule has 4 aliphatic carbocycles. The van der Waals surface area contributed by atoms with Crippen LogP contribution in [-0.4, -0.2) is 41.3 Å². The lowest BCUT2D eigenvalue weighted by Gasteiger charge is -2.58. The zero-order valence-corrected chi connectivity index (χ0v) is 20.7. The number of carbonyl (C=O) groups excluding carboxylic acids is 2. The van der Waals surface area contributed by atoms with Crippen LogP contribution < -0.4 is 0 Å². The first kappa shape index (κ1) is 22.3. The Labute approximate surface area is 197 Å². The van der Waals surface area contributed by atoms with Crippen molar-refractivity contribution in [3.8, 4) is 0 Å². The van der Waals surface area contributed by atoms with Crippen LogP contribution in [0.5, 0.6) is 0 Å². The molecule has 0 aromatic rings. The summed E-state index contributed by atoms with van der Waals surface area (Å²) in [6.45, 7) is 8.61. The molecule has 0 bridgehead atoms. The number of aliphatic hydroxyl groups excluding tert-OH is 1. The number of Topliss-reactive ketones (excluding diaryl/α,β-unsaturated/α-hetero) is 1. The number of ether oxygens (including phenoxy) is 2. The molecule has 2 aliphatic heterocycles. The molecule has 5 fully saturated rings. The van der Waals surface area contributed by atoms with E-state index in [2.05, 4.69) is 13.8 Å². The maximum Gasteiger partial charge on any atom is 0.333 e. The van der Waals surface area contributed by atoms with E-state index < -0.39 is 0 Å². The normalized spacial score (nSPS) is 51.8. The van der Waals surface area contributed by atoms with Gasteiger partial charge in [-0.3, -0.25) is 4.79 Å². The first-order chi connectivity index (χ1) is 15.7. The molecule has 1 saturated heterocycles. The van der Waals surface area contributed by atoms with Crippen LogP contribution in [0.3, 0.4) is 0 Å². The van der Waals surface area contributed by atoms with Gasteiger partial charge in [-0.1, -0.05) is 12.5 Å². The Morgan fingerprint density at radius 1 is 1.09 bits per heavy atom. The largest absolute Gasteiger partial charge is 0.458 e. The van der Waals surface area contributed by atoms with Crippen molar-refractivity contribution in [2.24, 2.45) is 40.4 Å². The molecular weight excluding hydrogens is 416 g/mol. The fraction of sp³-hybridized carbons (Fsp3) is 0.857. The van der Waals surface area contributed by atoms with Crippen molar-refractivity contribution in [3.05, 3.63) is 11.1 Å². The predicted octanol–water partition coefficient (Wildman–Crippen LogP) is 4.61. The number of cyclic esters (lactones) is 1. The summed E-state index contributed by atoms with van der Waals surface area (Å²) in [5.74, 6) is 2.07. The second kappa shape index (κ2) is 7.16. The minimum absolute atomic E-state index is 0.0182. The topological polar surface area (TPSA) is 76.1 Å². The molecule has 33 heavy (non-hydrogen) atoms. The van der Waals surface area contributed by atoms with Gasteiger partial charge >= 0.3 is 5.97 Å². The van der Waals surface area contributed by atoms with Gasteiger partial charge in [0.15, 0.2) is 0 Å². The number of aliphatic hydroxyl groups is 1. The average Bonchev–Trinajstić information content (AvgIpc) is 3.38. The molecule has 0 radical (unpaired) electrons. The lowest BCUT2D eigenvalue weighted by molar-refractivity contribution is -0.157. The number of epoxide rings is 1. The van der Waals surface area contributed by atoms with Crippen molar-refractivity contribution >= 4 is 11.8 Å². The van der Waals surface area contributed by atoms with Crippen LogP contribution in [0.25, 0.3) is 0 Å². The van der Waals surface area contributed by atoms with Gasteiger partial charge in [0.05, 0.1) is 11.5 Å². The van der Waals surface area contributed by atoms with Crippen LogP contribution in [0.2, 0.25) is 0 Å². The van der Waals surface area contributed by atoms with Gasteiger partial charge in [-0.2, -0.15) is 0 Å². The average molecular weight is 457 g/mol. The van der Waals surface area contributed by atoms with E-state index in [9.17, 15) is 14.7 Å². The van der Waals surface area contributed by atoms with Gasteiger partial charge in [0, 0.05) is 30.9 Å². The summed E-state index contributed by atoms with van der Waals surface area (Å²) in [5.41, 5.74) is 1.46. The van der Waals surface area contributed by atoms with Crippen molar-refractivity contribution in [2.75, 3.05) is 6.61 Å². The lowest BCUT2D eigenvalue weighted by atomic mass is 9.44. The minimum atomic E-state index is -0.313. The first-order valence-corrected chi connectivity index (χ1v) is 13.4. The van der Waals surface area contributed by atoms with Crippen molar-refractivity contribution < 1.29 is 24.2 Å². The van der Waals surface area contributed by atoms with E-state index in [-0.39, 0.29) is 47.1 Å². The highest BCUT2D eigenvalue weighted by Crippen LogP contribution is 2.73. The molecule has 1 spiro atoms.